The third-order valence-corrected chi connectivity index (χ3v) is 5.90. The Balaban J connectivity index is 1.56. The predicted octanol–water partition coefficient (Wildman–Crippen LogP) is 2.03. The third-order valence-electron chi connectivity index (χ3n) is 3.87. The average Bonchev–Trinajstić information content (AvgIpc) is 2.53. The number of nitrogens with zero attached hydrogens (tertiary/aromatic N) is 3. The van der Waals surface area contributed by atoms with Crippen molar-refractivity contribution >= 4 is 27.4 Å². The number of halogens is 1. The molecule has 1 saturated heterocycles. The number of aromatic nitrogens is 2. The summed E-state index contributed by atoms with van der Waals surface area (Å²) in [6.45, 7) is 2.51. The van der Waals surface area contributed by atoms with Gasteiger partial charge in [0.2, 0.25) is 15.9 Å². The fraction of sp³-hybridized carbons (Fsp3) is 0.312. The number of benzene rings is 1. The number of ether oxygens (including phenoxy) is 1. The van der Waals surface area contributed by atoms with Crippen molar-refractivity contribution in [1.82, 2.24) is 14.3 Å². The van der Waals surface area contributed by atoms with Crippen LogP contribution in [0.4, 0.5) is 0 Å². The molecular formula is C16H16ClN3O4S. The van der Waals surface area contributed by atoms with Crippen LogP contribution in [0.1, 0.15) is 17.3 Å². The Labute approximate surface area is 150 Å². The smallest absolute Gasteiger partial charge is 0.243 e. The number of rotatable bonds is 6. The van der Waals surface area contributed by atoms with Crippen molar-refractivity contribution in [2.45, 2.75) is 11.8 Å². The van der Waals surface area contributed by atoms with Crippen LogP contribution < -0.4 is 4.74 Å². The highest BCUT2D eigenvalue weighted by atomic mass is 35.5. The molecule has 0 amide bonds. The van der Waals surface area contributed by atoms with E-state index in [1.165, 1.54) is 47.9 Å². The van der Waals surface area contributed by atoms with E-state index < -0.39 is 10.0 Å². The summed E-state index contributed by atoms with van der Waals surface area (Å²) in [6.07, 6.45) is 2.86. The molecule has 0 saturated carbocycles. The van der Waals surface area contributed by atoms with Gasteiger partial charge in [0.15, 0.2) is 10.9 Å². The molecule has 1 fully saturated rings. The van der Waals surface area contributed by atoms with Crippen molar-refractivity contribution in [1.29, 1.82) is 0 Å². The summed E-state index contributed by atoms with van der Waals surface area (Å²) in [5, 5.41) is 0.240. The average molecular weight is 382 g/mol. The van der Waals surface area contributed by atoms with Gasteiger partial charge >= 0.3 is 0 Å². The maximum Gasteiger partial charge on any atom is 0.243 e. The summed E-state index contributed by atoms with van der Waals surface area (Å²) in [4.78, 5) is 19.3. The monoisotopic (exact) mass is 381 g/mol. The molecule has 1 aliphatic rings. The van der Waals surface area contributed by atoms with E-state index in [1.807, 2.05) is 0 Å². The minimum Gasteiger partial charge on any atom is -0.476 e. The van der Waals surface area contributed by atoms with Crippen LogP contribution in [0, 0.1) is 5.92 Å². The van der Waals surface area contributed by atoms with E-state index in [0.717, 1.165) is 0 Å². The van der Waals surface area contributed by atoms with Gasteiger partial charge in [0.25, 0.3) is 0 Å². The molecule has 0 spiro atoms. The first kappa shape index (κ1) is 17.8. The number of Topliss-reactive ketones (excluding diaryl/α,β-unsaturated/α-hetero) is 1. The lowest BCUT2D eigenvalue weighted by Gasteiger charge is -2.37. The third kappa shape index (κ3) is 3.97. The summed E-state index contributed by atoms with van der Waals surface area (Å²) < 4.78 is 31.9. The maximum atomic E-state index is 12.5. The Kier molecular flexibility index (Phi) is 5.03. The molecule has 9 heteroatoms. The normalized spacial score (nSPS) is 15.6. The number of hydrogen-bond acceptors (Lipinski definition) is 6. The quantitative estimate of drug-likeness (QED) is 0.711. The first-order valence-electron chi connectivity index (χ1n) is 7.58. The molecule has 1 aliphatic heterocycles. The molecule has 1 aromatic heterocycles. The molecule has 0 N–H and O–H groups in total. The standard InChI is InChI=1S/C16H16ClN3O4S/c1-11(21)13-2-4-14(5-3-13)25(22,23)20-8-12(9-20)10-24-16-7-18-6-15(17)19-16/h2-7,12H,8-10H2,1H3. The van der Waals surface area contributed by atoms with Crippen molar-refractivity contribution in [3.63, 3.8) is 0 Å². The first-order valence-corrected chi connectivity index (χ1v) is 9.39. The summed E-state index contributed by atoms with van der Waals surface area (Å²) in [5.74, 6) is 0.287. The first-order chi connectivity index (χ1) is 11.9. The summed E-state index contributed by atoms with van der Waals surface area (Å²) >= 11 is 5.73. The van der Waals surface area contributed by atoms with Crippen molar-refractivity contribution in [3.05, 3.63) is 47.4 Å². The van der Waals surface area contributed by atoms with Crippen LogP contribution >= 0.6 is 11.6 Å². The topological polar surface area (TPSA) is 89.5 Å². The molecule has 0 bridgehead atoms. The molecule has 2 heterocycles. The molecule has 1 aromatic carbocycles. The molecule has 2 aromatic rings. The molecule has 0 aliphatic carbocycles. The van der Waals surface area contributed by atoms with Gasteiger partial charge in [-0.1, -0.05) is 23.7 Å². The van der Waals surface area contributed by atoms with Crippen molar-refractivity contribution < 1.29 is 17.9 Å². The zero-order chi connectivity index (χ0) is 18.0. The lowest BCUT2D eigenvalue weighted by atomic mass is 10.1. The highest BCUT2D eigenvalue weighted by Gasteiger charge is 2.37. The lowest BCUT2D eigenvalue weighted by Crippen LogP contribution is -2.51. The number of carbonyl (C=O) groups excluding carboxylic acids is 1. The minimum absolute atomic E-state index is 0.0760. The van der Waals surface area contributed by atoms with E-state index in [4.69, 9.17) is 16.3 Å². The predicted molar refractivity (Wildman–Crippen MR) is 91.2 cm³/mol. The molecule has 0 unspecified atom stereocenters. The second-order valence-corrected chi connectivity index (χ2v) is 8.08. The Morgan fingerprint density at radius 1 is 1.28 bits per heavy atom. The summed E-state index contributed by atoms with van der Waals surface area (Å²) in [5.41, 5.74) is 0.483. The van der Waals surface area contributed by atoms with Gasteiger partial charge in [-0.3, -0.25) is 9.78 Å². The van der Waals surface area contributed by atoms with E-state index in [-0.39, 0.29) is 21.7 Å². The number of sulfonamides is 1. The van der Waals surface area contributed by atoms with E-state index in [9.17, 15) is 13.2 Å². The van der Waals surface area contributed by atoms with E-state index in [1.54, 1.807) is 0 Å². The van der Waals surface area contributed by atoms with Gasteiger partial charge in [0, 0.05) is 24.6 Å². The second-order valence-electron chi connectivity index (χ2n) is 5.76. The summed E-state index contributed by atoms with van der Waals surface area (Å²) in [6, 6.07) is 5.95. The largest absolute Gasteiger partial charge is 0.476 e. The van der Waals surface area contributed by atoms with Crippen molar-refractivity contribution in [2.24, 2.45) is 5.92 Å². The molecular weight excluding hydrogens is 366 g/mol. The fourth-order valence-electron chi connectivity index (χ4n) is 2.43. The molecule has 0 atom stereocenters. The van der Waals surface area contributed by atoms with Gasteiger partial charge in [0.1, 0.15) is 0 Å². The molecule has 25 heavy (non-hydrogen) atoms. The van der Waals surface area contributed by atoms with Crippen LogP contribution in [0.2, 0.25) is 5.15 Å². The maximum absolute atomic E-state index is 12.5. The Hall–Kier alpha value is -2.03. The molecule has 132 valence electrons. The van der Waals surface area contributed by atoms with E-state index in [0.29, 0.717) is 31.1 Å². The lowest BCUT2D eigenvalue weighted by molar-refractivity contribution is 0.101. The van der Waals surface area contributed by atoms with Crippen molar-refractivity contribution in [3.8, 4) is 5.88 Å². The van der Waals surface area contributed by atoms with Crippen LogP contribution in [-0.4, -0.2) is 48.2 Å². The van der Waals surface area contributed by atoms with Crippen LogP contribution in [0.15, 0.2) is 41.6 Å². The highest BCUT2D eigenvalue weighted by molar-refractivity contribution is 7.89. The van der Waals surface area contributed by atoms with E-state index in [2.05, 4.69) is 9.97 Å². The van der Waals surface area contributed by atoms with Gasteiger partial charge in [-0.05, 0) is 19.1 Å². The zero-order valence-corrected chi connectivity index (χ0v) is 15.0. The van der Waals surface area contributed by atoms with E-state index >= 15 is 0 Å². The van der Waals surface area contributed by atoms with Crippen LogP contribution in [0.25, 0.3) is 0 Å². The van der Waals surface area contributed by atoms with Gasteiger partial charge in [-0.15, -0.1) is 0 Å². The highest BCUT2D eigenvalue weighted by Crippen LogP contribution is 2.26. The Morgan fingerprint density at radius 3 is 2.56 bits per heavy atom. The van der Waals surface area contributed by atoms with Gasteiger partial charge in [0.05, 0.1) is 23.9 Å². The molecule has 0 radical (unpaired) electrons. The fourth-order valence-corrected chi connectivity index (χ4v) is 4.17. The molecule has 7 nitrogen and oxygen atoms in total. The zero-order valence-electron chi connectivity index (χ0n) is 13.4. The Morgan fingerprint density at radius 2 is 1.96 bits per heavy atom. The second kappa shape index (κ2) is 7.07. The van der Waals surface area contributed by atoms with Gasteiger partial charge in [-0.25, -0.2) is 8.42 Å². The number of carbonyl (C=O) groups is 1. The van der Waals surface area contributed by atoms with Gasteiger partial charge in [-0.2, -0.15) is 9.29 Å². The SMILES string of the molecule is CC(=O)c1ccc(S(=O)(=O)N2CC(COc3cncc(Cl)n3)C2)cc1. The summed E-state index contributed by atoms with van der Waals surface area (Å²) in [7, 11) is -3.55. The molecule has 3 rings (SSSR count). The number of hydrogen-bond donors (Lipinski definition) is 0. The van der Waals surface area contributed by atoms with Crippen LogP contribution in [0.5, 0.6) is 5.88 Å². The van der Waals surface area contributed by atoms with Gasteiger partial charge < -0.3 is 4.74 Å². The number of ketones is 1. The minimum atomic E-state index is -3.55. The van der Waals surface area contributed by atoms with Crippen LogP contribution in [-0.2, 0) is 10.0 Å². The Bertz CT molecular complexity index is 881. The van der Waals surface area contributed by atoms with Crippen molar-refractivity contribution in [2.75, 3.05) is 19.7 Å². The van der Waals surface area contributed by atoms with Crippen LogP contribution in [0.3, 0.4) is 0 Å².